The topological polar surface area (TPSA) is 0 Å². The Hall–Kier alpha value is 0.714. The fourth-order valence-corrected chi connectivity index (χ4v) is 1.06. The molecule has 1 fully saturated rings. The summed E-state index contributed by atoms with van der Waals surface area (Å²) in [7, 11) is 0. The van der Waals surface area contributed by atoms with E-state index in [9.17, 15) is 0 Å². The van der Waals surface area contributed by atoms with Crippen LogP contribution in [0.2, 0.25) is 0 Å². The molecule has 40 valence electrons. The summed E-state index contributed by atoms with van der Waals surface area (Å²) in [6.45, 7) is 0. The summed E-state index contributed by atoms with van der Waals surface area (Å²) in [5, 5.41) is 0. The van der Waals surface area contributed by atoms with Crippen LogP contribution < -0.4 is 0 Å². The van der Waals surface area contributed by atoms with E-state index < -0.39 is 0 Å². The molecule has 0 nitrogen and oxygen atoms in total. The molecule has 0 spiro atoms. The van der Waals surface area contributed by atoms with Gasteiger partial charge in [-0.3, -0.25) is 0 Å². The predicted molar refractivity (Wildman–Crippen MR) is 27.7 cm³/mol. The summed E-state index contributed by atoms with van der Waals surface area (Å²) >= 11 is 0. The second kappa shape index (κ2) is 4.86. The number of hydrogen-bond acceptors (Lipinski definition) is 0. The van der Waals surface area contributed by atoms with Gasteiger partial charge in [-0.15, -0.1) is 0 Å². The summed E-state index contributed by atoms with van der Waals surface area (Å²) in [5.74, 6) is 0. The van der Waals surface area contributed by atoms with Crippen molar-refractivity contribution in [3.63, 3.8) is 0 Å². The fraction of sp³-hybridized carbons (Fsp3) is 1.00. The van der Waals surface area contributed by atoms with Gasteiger partial charge in [-0.05, 0) is 0 Å². The van der Waals surface area contributed by atoms with Crippen LogP contribution in [0.25, 0.3) is 0 Å². The van der Waals surface area contributed by atoms with E-state index in [2.05, 4.69) is 0 Å². The van der Waals surface area contributed by atoms with Crippen molar-refractivity contribution in [2.24, 2.45) is 0 Å². The monoisotopic (exact) mass is 132 g/mol. The van der Waals surface area contributed by atoms with Gasteiger partial charge in [0.25, 0.3) is 0 Å². The van der Waals surface area contributed by atoms with E-state index >= 15 is 0 Å². The molecule has 0 atom stereocenters. The minimum atomic E-state index is 0. The van der Waals surface area contributed by atoms with Crippen LogP contribution in [0, 0.1) is 0 Å². The summed E-state index contributed by atoms with van der Waals surface area (Å²) in [5.41, 5.74) is 0. The van der Waals surface area contributed by atoms with Crippen molar-refractivity contribution in [3.8, 4) is 0 Å². The molecule has 0 heterocycles. The first kappa shape index (κ1) is 7.71. The van der Waals surface area contributed by atoms with Crippen LogP contribution in [0.5, 0.6) is 0 Å². The largest absolute Gasteiger partial charge is 0.0533 e. The maximum absolute atomic E-state index is 1.50. The molecule has 0 radical (unpaired) electrons. The van der Waals surface area contributed by atoms with Crippen molar-refractivity contribution in [2.45, 2.75) is 38.5 Å². The average Bonchev–Trinajstić information content (AvgIpc) is 1.72. The maximum Gasteiger partial charge on any atom is 0 e. The van der Waals surface area contributed by atoms with E-state index in [1.54, 1.807) is 0 Å². The molecule has 0 aromatic rings. The third kappa shape index (κ3) is 3.31. The third-order valence-corrected chi connectivity index (χ3v) is 1.50. The average molecular weight is 132 g/mol. The summed E-state index contributed by atoms with van der Waals surface area (Å²) < 4.78 is 0. The molecule has 1 rings (SSSR count). The molecular weight excluding hydrogens is 120 g/mol. The van der Waals surface area contributed by atoms with Gasteiger partial charge in [0.15, 0.2) is 0 Å². The Morgan fingerprint density at radius 2 is 0.571 bits per heavy atom. The van der Waals surface area contributed by atoms with E-state index in [1.807, 2.05) is 0 Å². The molecule has 0 amide bonds. The van der Waals surface area contributed by atoms with Crippen molar-refractivity contribution in [1.82, 2.24) is 0 Å². The standard InChI is InChI=1S/C6H12.Ti/c1-2-4-6-5-3-1;/h1-6H2;. The van der Waals surface area contributed by atoms with E-state index in [0.29, 0.717) is 0 Å². The van der Waals surface area contributed by atoms with Gasteiger partial charge in [-0.25, -0.2) is 0 Å². The zero-order valence-electron chi connectivity index (χ0n) is 4.74. The Balaban J connectivity index is 0.000000360. The molecule has 1 aliphatic carbocycles. The first-order valence-electron chi connectivity index (χ1n) is 3.00. The van der Waals surface area contributed by atoms with Gasteiger partial charge in [-0.2, -0.15) is 0 Å². The third-order valence-electron chi connectivity index (χ3n) is 1.50. The Kier molecular flexibility index (Phi) is 5.36. The first-order valence-corrected chi connectivity index (χ1v) is 3.00. The molecular formula is C6H12Ti. The minimum absolute atomic E-state index is 0. The van der Waals surface area contributed by atoms with Gasteiger partial charge < -0.3 is 0 Å². The summed E-state index contributed by atoms with van der Waals surface area (Å²) in [6, 6.07) is 0. The molecule has 1 aliphatic rings. The minimum Gasteiger partial charge on any atom is -0.0533 e. The predicted octanol–water partition coefficient (Wildman–Crippen LogP) is 2.34. The van der Waals surface area contributed by atoms with E-state index in [4.69, 9.17) is 0 Å². The molecule has 0 N–H and O–H groups in total. The SMILES string of the molecule is C1CCCCC1.[Ti]. The van der Waals surface area contributed by atoms with Crippen LogP contribution in [-0.4, -0.2) is 0 Å². The van der Waals surface area contributed by atoms with Crippen molar-refractivity contribution < 1.29 is 21.7 Å². The Morgan fingerprint density at radius 1 is 0.429 bits per heavy atom. The van der Waals surface area contributed by atoms with Crippen LogP contribution >= 0.6 is 0 Å². The van der Waals surface area contributed by atoms with E-state index in [-0.39, 0.29) is 21.7 Å². The molecule has 1 saturated carbocycles. The van der Waals surface area contributed by atoms with Crippen molar-refractivity contribution >= 4 is 0 Å². The van der Waals surface area contributed by atoms with Crippen LogP contribution in [0.15, 0.2) is 0 Å². The molecule has 0 bridgehead atoms. The van der Waals surface area contributed by atoms with Crippen LogP contribution in [0.1, 0.15) is 38.5 Å². The van der Waals surface area contributed by atoms with Gasteiger partial charge in [0.05, 0.1) is 0 Å². The fourth-order valence-electron chi connectivity index (χ4n) is 1.06. The molecule has 0 aliphatic heterocycles. The zero-order valence-corrected chi connectivity index (χ0v) is 6.30. The van der Waals surface area contributed by atoms with Crippen molar-refractivity contribution in [3.05, 3.63) is 0 Å². The van der Waals surface area contributed by atoms with E-state index in [1.165, 1.54) is 38.5 Å². The van der Waals surface area contributed by atoms with Gasteiger partial charge in [0.1, 0.15) is 0 Å². The second-order valence-electron chi connectivity index (χ2n) is 2.12. The summed E-state index contributed by atoms with van der Waals surface area (Å²) in [6.07, 6.45) is 9.00. The van der Waals surface area contributed by atoms with E-state index in [0.717, 1.165) is 0 Å². The van der Waals surface area contributed by atoms with Crippen LogP contribution in [-0.2, 0) is 21.7 Å². The molecule has 0 unspecified atom stereocenters. The first-order chi connectivity index (χ1) is 3.00. The molecule has 0 aromatic heterocycles. The van der Waals surface area contributed by atoms with Crippen molar-refractivity contribution in [2.75, 3.05) is 0 Å². The smallest absolute Gasteiger partial charge is 0 e. The normalized spacial score (nSPS) is 20.6. The maximum atomic E-state index is 1.50. The number of hydrogen-bond donors (Lipinski definition) is 0. The molecule has 1 heteroatoms. The van der Waals surface area contributed by atoms with Gasteiger partial charge in [-0.1, -0.05) is 38.5 Å². The van der Waals surface area contributed by atoms with Gasteiger partial charge in [0.2, 0.25) is 0 Å². The molecule has 0 saturated heterocycles. The quantitative estimate of drug-likeness (QED) is 0.443. The Labute approximate surface area is 60.6 Å². The Bertz CT molecular complexity index is 19.7. The second-order valence-corrected chi connectivity index (χ2v) is 2.12. The molecule has 7 heavy (non-hydrogen) atoms. The molecule has 0 aromatic carbocycles. The van der Waals surface area contributed by atoms with Gasteiger partial charge >= 0.3 is 0 Å². The van der Waals surface area contributed by atoms with Crippen molar-refractivity contribution in [1.29, 1.82) is 0 Å². The van der Waals surface area contributed by atoms with Crippen LogP contribution in [0.3, 0.4) is 0 Å². The Morgan fingerprint density at radius 3 is 0.714 bits per heavy atom. The summed E-state index contributed by atoms with van der Waals surface area (Å²) in [4.78, 5) is 0. The zero-order chi connectivity index (χ0) is 4.24. The van der Waals surface area contributed by atoms with Crippen LogP contribution in [0.4, 0.5) is 0 Å². The number of rotatable bonds is 0. The van der Waals surface area contributed by atoms with Gasteiger partial charge in [0, 0.05) is 21.7 Å².